The zero-order chi connectivity index (χ0) is 50.6. The fraction of sp³-hybridized carbons (Fsp3) is 0.288. The van der Waals surface area contributed by atoms with Gasteiger partial charge in [0.2, 0.25) is 0 Å². The van der Waals surface area contributed by atoms with Crippen LogP contribution in [-0.4, -0.2) is 135 Å². The summed E-state index contributed by atoms with van der Waals surface area (Å²) in [6.07, 6.45) is 3.11. The second kappa shape index (κ2) is 23.8. The van der Waals surface area contributed by atoms with E-state index in [0.29, 0.717) is 56.2 Å². The summed E-state index contributed by atoms with van der Waals surface area (Å²) in [5.41, 5.74) is 10.6. The third kappa shape index (κ3) is 13.2. The van der Waals surface area contributed by atoms with Crippen molar-refractivity contribution in [2.45, 2.75) is 19.5 Å². The number of amides is 5. The van der Waals surface area contributed by atoms with Gasteiger partial charge in [-0.15, -0.1) is 0 Å². The number of rotatable bonds is 14. The molecule has 372 valence electrons. The van der Waals surface area contributed by atoms with Gasteiger partial charge >= 0.3 is 18.5 Å². The van der Waals surface area contributed by atoms with Gasteiger partial charge in [-0.3, -0.25) is 24.2 Å². The van der Waals surface area contributed by atoms with Gasteiger partial charge in [-0.1, -0.05) is 48.5 Å². The maximum atomic E-state index is 15.1. The van der Waals surface area contributed by atoms with Crippen molar-refractivity contribution in [2.75, 3.05) is 89.3 Å². The van der Waals surface area contributed by atoms with E-state index in [1.54, 1.807) is 70.1 Å². The Morgan fingerprint density at radius 1 is 0.592 bits per heavy atom. The molecule has 3 N–H and O–H groups in total. The number of halogens is 4. The van der Waals surface area contributed by atoms with Gasteiger partial charge in [-0.05, 0) is 73.8 Å². The summed E-state index contributed by atoms with van der Waals surface area (Å²) in [6, 6.07) is 25.9. The summed E-state index contributed by atoms with van der Waals surface area (Å²) in [5, 5.41) is 1.81. The third-order valence-electron chi connectivity index (χ3n) is 12.2. The molecule has 2 aliphatic heterocycles. The lowest BCUT2D eigenvalue weighted by Gasteiger charge is -2.36. The minimum Gasteiger partial charge on any atom is -0.472 e. The SMILES string of the molecule is CN1CCN(C(=O)N(Cc2ccc(C(=O)CN)cc2F)c2cccc(-c3ccoc3)c2)CC1.CN1CCN(C(=O)N(Cc2ccc(C(=O)CNC(=O)C(F)F)cc2F)c2cccc(-c3ccoc3)c2)CC1. The molecule has 19 heteroatoms. The van der Waals surface area contributed by atoms with Crippen molar-refractivity contribution in [1.29, 1.82) is 0 Å². The van der Waals surface area contributed by atoms with Crippen molar-refractivity contribution in [3.05, 3.63) is 156 Å². The molecule has 0 atom stereocenters. The molecule has 0 spiro atoms. The predicted molar refractivity (Wildman–Crippen MR) is 259 cm³/mol. The smallest absolute Gasteiger partial charge is 0.324 e. The number of carbonyl (C=O) groups excluding carboxylic acids is 5. The van der Waals surface area contributed by atoms with Crippen LogP contribution in [0, 0.1) is 11.6 Å². The van der Waals surface area contributed by atoms with Crippen LogP contribution in [0.25, 0.3) is 22.3 Å². The Morgan fingerprint density at radius 2 is 1.03 bits per heavy atom. The summed E-state index contributed by atoms with van der Waals surface area (Å²) < 4.78 is 65.1. The number of hydrogen-bond donors (Lipinski definition) is 2. The van der Waals surface area contributed by atoms with Crippen LogP contribution in [0.15, 0.2) is 131 Å². The van der Waals surface area contributed by atoms with Gasteiger partial charge in [0.25, 0.3) is 5.91 Å². The van der Waals surface area contributed by atoms with Gasteiger partial charge in [0.15, 0.2) is 11.6 Å². The first-order valence-corrected chi connectivity index (χ1v) is 22.8. The summed E-state index contributed by atoms with van der Waals surface area (Å²) in [4.78, 5) is 73.2. The molecule has 2 fully saturated rings. The number of nitrogens with zero attached hydrogens (tertiary/aromatic N) is 6. The zero-order valence-electron chi connectivity index (χ0n) is 39.2. The second-order valence-corrected chi connectivity index (χ2v) is 17.1. The van der Waals surface area contributed by atoms with E-state index in [0.717, 1.165) is 41.4 Å². The topological polar surface area (TPSA) is 169 Å². The Balaban J connectivity index is 0.000000211. The molecule has 2 saturated heterocycles. The Kier molecular flexibility index (Phi) is 17.2. The number of hydrogen-bond acceptors (Lipinski definition) is 10. The van der Waals surface area contributed by atoms with E-state index < -0.39 is 36.3 Å². The van der Waals surface area contributed by atoms with Crippen molar-refractivity contribution in [3.63, 3.8) is 0 Å². The van der Waals surface area contributed by atoms with E-state index >= 15 is 4.39 Å². The van der Waals surface area contributed by atoms with E-state index in [1.165, 1.54) is 23.1 Å². The second-order valence-electron chi connectivity index (χ2n) is 17.1. The average Bonchev–Trinajstić information content (AvgIpc) is 4.14. The first kappa shape index (κ1) is 51.2. The number of benzene rings is 4. The molecule has 71 heavy (non-hydrogen) atoms. The maximum absolute atomic E-state index is 15.1. The number of nitrogens with two attached hydrogens (primary N) is 1. The fourth-order valence-corrected chi connectivity index (χ4v) is 7.94. The largest absolute Gasteiger partial charge is 0.472 e. The van der Waals surface area contributed by atoms with E-state index in [-0.39, 0.29) is 54.2 Å². The highest BCUT2D eigenvalue weighted by Crippen LogP contribution is 2.30. The number of ketones is 2. The Bertz CT molecular complexity index is 2790. The van der Waals surface area contributed by atoms with E-state index in [1.807, 2.05) is 61.9 Å². The molecule has 2 aliphatic rings. The molecule has 0 bridgehead atoms. The Hall–Kier alpha value is -7.61. The number of anilines is 2. The highest BCUT2D eigenvalue weighted by Gasteiger charge is 2.29. The van der Waals surface area contributed by atoms with Gasteiger partial charge in [-0.25, -0.2) is 18.4 Å². The van der Waals surface area contributed by atoms with Crippen molar-refractivity contribution >= 4 is 40.9 Å². The van der Waals surface area contributed by atoms with Crippen LogP contribution in [0.4, 0.5) is 38.5 Å². The quantitative estimate of drug-likeness (QED) is 0.0818. The number of furan rings is 2. The van der Waals surface area contributed by atoms with Crippen molar-refractivity contribution in [1.82, 2.24) is 24.9 Å². The number of likely N-dealkylation sites (N-methyl/N-ethyl adjacent to an activating group) is 2. The molecule has 6 aromatic rings. The lowest BCUT2D eigenvalue weighted by Crippen LogP contribution is -2.52. The molecular formula is C52H54F4N8O7. The van der Waals surface area contributed by atoms with Crippen LogP contribution in [0.5, 0.6) is 0 Å². The van der Waals surface area contributed by atoms with Crippen LogP contribution in [0.3, 0.4) is 0 Å². The molecule has 5 amide bonds. The summed E-state index contributed by atoms with van der Waals surface area (Å²) in [6.45, 7) is 4.26. The minimum absolute atomic E-state index is 0.0307. The van der Waals surface area contributed by atoms with Crippen molar-refractivity contribution in [3.8, 4) is 22.3 Å². The monoisotopic (exact) mass is 978 g/mol. The molecule has 8 rings (SSSR count). The van der Waals surface area contributed by atoms with E-state index in [4.69, 9.17) is 14.6 Å². The van der Waals surface area contributed by atoms with Gasteiger partial charge in [0.1, 0.15) is 11.6 Å². The maximum Gasteiger partial charge on any atom is 0.324 e. The summed E-state index contributed by atoms with van der Waals surface area (Å²) in [5.74, 6) is -3.91. The molecular weight excluding hydrogens is 925 g/mol. The molecule has 15 nitrogen and oxygen atoms in total. The standard InChI is InChI=1S/C27H27F3N4O4.C25H27FN4O3/c1-32-8-10-33(11-9-32)27(37)34(22-4-2-3-18(13-22)21-7-12-38-17-21)16-20-6-5-19(14-23(20)28)24(35)15-31-26(36)25(29)30;1-28-8-10-29(11-9-28)25(32)30(16-20-6-5-19(14-23(20)26)24(31)15-27)22-4-2-3-18(13-22)21-7-12-33-17-21/h2-7,12-14,17,25H,8-11,15-16H2,1H3,(H,31,36);2-7,12-14,17H,8-11,15-16,27H2,1H3. The predicted octanol–water partition coefficient (Wildman–Crippen LogP) is 7.62. The summed E-state index contributed by atoms with van der Waals surface area (Å²) in [7, 11) is 4.00. The van der Waals surface area contributed by atoms with Crippen LogP contribution in [0.2, 0.25) is 0 Å². The lowest BCUT2D eigenvalue weighted by molar-refractivity contribution is -0.131. The molecule has 0 aliphatic carbocycles. The number of Topliss-reactive ketones (excluding diaryl/α,β-unsaturated/α-hetero) is 2. The van der Waals surface area contributed by atoms with Crippen molar-refractivity contribution < 1.29 is 50.4 Å². The van der Waals surface area contributed by atoms with Crippen LogP contribution >= 0.6 is 0 Å². The van der Waals surface area contributed by atoms with Gasteiger partial charge < -0.3 is 39.5 Å². The molecule has 4 aromatic carbocycles. The number of alkyl halides is 2. The first-order valence-electron chi connectivity index (χ1n) is 22.8. The molecule has 4 heterocycles. The number of nitrogens with one attached hydrogen (secondary N) is 1. The zero-order valence-corrected chi connectivity index (χ0v) is 39.2. The van der Waals surface area contributed by atoms with Gasteiger partial charge in [0.05, 0.1) is 51.2 Å². The third-order valence-corrected chi connectivity index (χ3v) is 12.2. The average molecular weight is 979 g/mol. The number of piperazine rings is 2. The van der Waals surface area contributed by atoms with Gasteiger partial charge in [-0.2, -0.15) is 8.78 Å². The number of carbonyl (C=O) groups is 5. The highest BCUT2D eigenvalue weighted by atomic mass is 19.3. The Morgan fingerprint density at radius 3 is 1.41 bits per heavy atom. The van der Waals surface area contributed by atoms with Crippen molar-refractivity contribution in [2.24, 2.45) is 5.73 Å². The molecule has 0 saturated carbocycles. The van der Waals surface area contributed by atoms with Gasteiger partial charge in [0, 0.05) is 97.1 Å². The summed E-state index contributed by atoms with van der Waals surface area (Å²) >= 11 is 0. The van der Waals surface area contributed by atoms with Crippen LogP contribution in [0.1, 0.15) is 31.8 Å². The number of urea groups is 2. The molecule has 2 aromatic heterocycles. The minimum atomic E-state index is -3.25. The molecule has 0 radical (unpaired) electrons. The fourth-order valence-electron chi connectivity index (χ4n) is 7.94. The van der Waals surface area contributed by atoms with E-state index in [2.05, 4.69) is 9.80 Å². The molecule has 0 unspecified atom stereocenters. The van der Waals surface area contributed by atoms with Crippen LogP contribution < -0.4 is 20.9 Å². The normalized spacial score (nSPS) is 14.1. The lowest BCUT2D eigenvalue weighted by atomic mass is 10.1. The first-order chi connectivity index (χ1) is 34.2. The van der Waals surface area contributed by atoms with E-state index in [9.17, 15) is 37.1 Å². The Labute approximate surface area is 408 Å². The van der Waals surface area contributed by atoms with Crippen LogP contribution in [-0.2, 0) is 17.9 Å². The highest BCUT2D eigenvalue weighted by molar-refractivity contribution is 6.00.